The van der Waals surface area contributed by atoms with Crippen LogP contribution in [-0.4, -0.2) is 15.9 Å². The van der Waals surface area contributed by atoms with E-state index in [0.717, 1.165) is 15.5 Å². The molecule has 0 fully saturated rings. The molecule has 0 saturated carbocycles. The van der Waals surface area contributed by atoms with Gasteiger partial charge in [0.15, 0.2) is 0 Å². The van der Waals surface area contributed by atoms with Crippen molar-refractivity contribution in [2.24, 2.45) is 5.73 Å². The predicted molar refractivity (Wildman–Crippen MR) is 73.2 cm³/mol. The number of hydrogen-bond acceptors (Lipinski definition) is 5. The summed E-state index contributed by atoms with van der Waals surface area (Å²) in [7, 11) is 0. The monoisotopic (exact) mass is 292 g/mol. The molecule has 1 aromatic heterocycles. The van der Waals surface area contributed by atoms with Crippen LogP contribution in [0.15, 0.2) is 40.6 Å². The summed E-state index contributed by atoms with van der Waals surface area (Å²) in [4.78, 5) is 20.3. The van der Waals surface area contributed by atoms with Crippen LogP contribution < -0.4 is 11.1 Å². The van der Waals surface area contributed by atoms with Crippen LogP contribution in [0.2, 0.25) is 5.02 Å². The Morgan fingerprint density at radius 1 is 1.42 bits per heavy atom. The highest BCUT2D eigenvalue weighted by molar-refractivity contribution is 7.99. The number of rotatable bonds is 2. The normalized spacial score (nSPS) is 17.2. The molecule has 19 heavy (non-hydrogen) atoms. The highest BCUT2D eigenvalue weighted by atomic mass is 35.5. The molecule has 1 aliphatic rings. The quantitative estimate of drug-likeness (QED) is 0.830. The standard InChI is InChI=1S/C12H9ClN4OS/c13-7-3-6-8(17-12(18)11(6)14)4-9(7)19-10-1-2-15-5-16-10/h1-5,11H,14H2,(H,17,18). The zero-order valence-electron chi connectivity index (χ0n) is 9.63. The Hall–Kier alpha value is -1.63. The van der Waals surface area contributed by atoms with Crippen molar-refractivity contribution in [3.63, 3.8) is 0 Å². The summed E-state index contributed by atoms with van der Waals surface area (Å²) in [6.07, 6.45) is 3.13. The van der Waals surface area contributed by atoms with Crippen LogP contribution in [0.1, 0.15) is 11.6 Å². The number of carbonyl (C=O) groups excluding carboxylic acids is 1. The maximum Gasteiger partial charge on any atom is 0.245 e. The number of anilines is 1. The van der Waals surface area contributed by atoms with Gasteiger partial charge in [0.2, 0.25) is 5.91 Å². The van der Waals surface area contributed by atoms with Gasteiger partial charge in [-0.1, -0.05) is 23.4 Å². The Balaban J connectivity index is 1.97. The highest BCUT2D eigenvalue weighted by Crippen LogP contribution is 2.39. The van der Waals surface area contributed by atoms with Crippen molar-refractivity contribution in [2.45, 2.75) is 16.0 Å². The first kappa shape index (κ1) is 12.4. The van der Waals surface area contributed by atoms with E-state index in [1.54, 1.807) is 18.3 Å². The zero-order valence-corrected chi connectivity index (χ0v) is 11.2. The number of nitrogens with two attached hydrogens (primary N) is 1. The fourth-order valence-electron chi connectivity index (χ4n) is 1.82. The molecule has 0 spiro atoms. The molecular formula is C12H9ClN4OS. The van der Waals surface area contributed by atoms with Gasteiger partial charge in [-0.2, -0.15) is 0 Å². The van der Waals surface area contributed by atoms with Gasteiger partial charge < -0.3 is 11.1 Å². The van der Waals surface area contributed by atoms with Crippen LogP contribution in [0.3, 0.4) is 0 Å². The number of hydrogen-bond donors (Lipinski definition) is 2. The zero-order chi connectivity index (χ0) is 13.4. The van der Waals surface area contributed by atoms with E-state index < -0.39 is 6.04 Å². The third kappa shape index (κ3) is 2.30. The molecule has 0 bridgehead atoms. The molecule has 2 aromatic rings. The number of nitrogens with zero attached hydrogens (tertiary/aromatic N) is 2. The van der Waals surface area contributed by atoms with Gasteiger partial charge in [0, 0.05) is 22.3 Å². The minimum absolute atomic E-state index is 0.213. The van der Waals surface area contributed by atoms with E-state index in [1.807, 2.05) is 6.07 Å². The Kier molecular flexibility index (Phi) is 3.14. The largest absolute Gasteiger partial charge is 0.324 e. The maximum absolute atomic E-state index is 11.5. The highest BCUT2D eigenvalue weighted by Gasteiger charge is 2.28. The van der Waals surface area contributed by atoms with Crippen molar-refractivity contribution in [1.29, 1.82) is 0 Å². The van der Waals surface area contributed by atoms with Crippen molar-refractivity contribution >= 4 is 35.0 Å². The summed E-state index contributed by atoms with van der Waals surface area (Å²) in [6, 6.07) is 4.68. The average molecular weight is 293 g/mol. The average Bonchev–Trinajstić information content (AvgIpc) is 2.67. The first-order chi connectivity index (χ1) is 9.15. The summed E-state index contributed by atoms with van der Waals surface area (Å²) >= 11 is 7.62. The van der Waals surface area contributed by atoms with Crippen LogP contribution in [0.25, 0.3) is 0 Å². The van der Waals surface area contributed by atoms with Crippen molar-refractivity contribution < 1.29 is 4.79 Å². The molecule has 1 unspecified atom stereocenters. The number of benzene rings is 1. The number of carbonyl (C=O) groups is 1. The number of nitrogens with one attached hydrogen (secondary N) is 1. The minimum atomic E-state index is -0.648. The van der Waals surface area contributed by atoms with E-state index in [2.05, 4.69) is 15.3 Å². The molecule has 3 N–H and O–H groups in total. The number of amides is 1. The van der Waals surface area contributed by atoms with Crippen LogP contribution in [0.5, 0.6) is 0 Å². The van der Waals surface area contributed by atoms with Gasteiger partial charge in [0.25, 0.3) is 0 Å². The summed E-state index contributed by atoms with van der Waals surface area (Å²) in [5.41, 5.74) is 7.19. The molecule has 1 aromatic carbocycles. The first-order valence-corrected chi connectivity index (χ1v) is 6.68. The molecule has 5 nitrogen and oxygen atoms in total. The summed E-state index contributed by atoms with van der Waals surface area (Å²) in [6.45, 7) is 0. The summed E-state index contributed by atoms with van der Waals surface area (Å²) in [5.74, 6) is -0.213. The smallest absolute Gasteiger partial charge is 0.245 e. The van der Waals surface area contributed by atoms with Crippen LogP contribution in [0.4, 0.5) is 5.69 Å². The molecule has 96 valence electrons. The van der Waals surface area contributed by atoms with Gasteiger partial charge in [-0.3, -0.25) is 4.79 Å². The first-order valence-electron chi connectivity index (χ1n) is 5.49. The van der Waals surface area contributed by atoms with Crippen LogP contribution >= 0.6 is 23.4 Å². The maximum atomic E-state index is 11.5. The van der Waals surface area contributed by atoms with Crippen LogP contribution in [-0.2, 0) is 4.79 Å². The lowest BCUT2D eigenvalue weighted by atomic mass is 10.1. The predicted octanol–water partition coefficient (Wildman–Crippen LogP) is 2.23. The Labute approximate surface area is 118 Å². The topological polar surface area (TPSA) is 80.9 Å². The van der Waals surface area contributed by atoms with Crippen molar-refractivity contribution in [3.8, 4) is 0 Å². The Bertz CT molecular complexity index is 650. The van der Waals surface area contributed by atoms with Gasteiger partial charge in [-0.05, 0) is 18.2 Å². The second-order valence-electron chi connectivity index (χ2n) is 3.99. The van der Waals surface area contributed by atoms with Gasteiger partial charge >= 0.3 is 0 Å². The summed E-state index contributed by atoms with van der Waals surface area (Å²) < 4.78 is 0. The van der Waals surface area contributed by atoms with Crippen molar-refractivity contribution in [2.75, 3.05) is 5.32 Å². The summed E-state index contributed by atoms with van der Waals surface area (Å²) in [5, 5.41) is 4.07. The van der Waals surface area contributed by atoms with E-state index in [1.165, 1.54) is 18.1 Å². The van der Waals surface area contributed by atoms with E-state index in [0.29, 0.717) is 10.7 Å². The number of aromatic nitrogens is 2. The van der Waals surface area contributed by atoms with Gasteiger partial charge in [-0.25, -0.2) is 9.97 Å². The Morgan fingerprint density at radius 3 is 3.00 bits per heavy atom. The fraction of sp³-hybridized carbons (Fsp3) is 0.0833. The van der Waals surface area contributed by atoms with Gasteiger partial charge in [0.05, 0.1) is 5.02 Å². The number of fused-ring (bicyclic) bond motifs is 1. The minimum Gasteiger partial charge on any atom is -0.324 e. The Morgan fingerprint density at radius 2 is 2.26 bits per heavy atom. The molecule has 1 aliphatic heterocycles. The van der Waals surface area contributed by atoms with E-state index >= 15 is 0 Å². The van der Waals surface area contributed by atoms with E-state index in [-0.39, 0.29) is 5.91 Å². The fourth-order valence-corrected chi connectivity index (χ4v) is 2.89. The lowest BCUT2D eigenvalue weighted by molar-refractivity contribution is -0.116. The molecule has 3 rings (SSSR count). The van der Waals surface area contributed by atoms with E-state index in [9.17, 15) is 4.79 Å². The van der Waals surface area contributed by atoms with Crippen LogP contribution in [0, 0.1) is 0 Å². The third-order valence-electron chi connectivity index (χ3n) is 2.75. The second kappa shape index (κ2) is 4.80. The molecule has 1 atom stereocenters. The van der Waals surface area contributed by atoms with Gasteiger partial charge in [-0.15, -0.1) is 0 Å². The SMILES string of the molecule is NC1C(=O)Nc2cc(Sc3ccncn3)c(Cl)cc21. The van der Waals surface area contributed by atoms with E-state index in [4.69, 9.17) is 17.3 Å². The molecule has 2 heterocycles. The molecular weight excluding hydrogens is 284 g/mol. The number of halogens is 1. The second-order valence-corrected chi connectivity index (χ2v) is 5.46. The van der Waals surface area contributed by atoms with Crippen molar-refractivity contribution in [1.82, 2.24) is 9.97 Å². The molecule has 0 saturated heterocycles. The molecule has 1 amide bonds. The lowest BCUT2D eigenvalue weighted by Crippen LogP contribution is -2.19. The molecule has 0 aliphatic carbocycles. The third-order valence-corrected chi connectivity index (χ3v) is 4.18. The molecule has 0 radical (unpaired) electrons. The van der Waals surface area contributed by atoms with Crippen molar-refractivity contribution in [3.05, 3.63) is 41.3 Å². The van der Waals surface area contributed by atoms with Gasteiger partial charge in [0.1, 0.15) is 17.4 Å². The molecule has 7 heteroatoms. The lowest BCUT2D eigenvalue weighted by Gasteiger charge is -2.07.